The van der Waals surface area contributed by atoms with Crippen LogP contribution in [0.1, 0.15) is 6.92 Å². The Morgan fingerprint density at radius 2 is 2.18 bits per heavy atom. The molecule has 0 bridgehead atoms. The molecule has 0 radical (unpaired) electrons. The minimum atomic E-state index is -1.02. The van der Waals surface area contributed by atoms with Crippen LogP contribution in [0.5, 0.6) is 0 Å². The Morgan fingerprint density at radius 3 is 2.65 bits per heavy atom. The maximum atomic E-state index is 11.5. The molecule has 6 nitrogen and oxygen atoms in total. The van der Waals surface area contributed by atoms with Gasteiger partial charge < -0.3 is 15.2 Å². The molecule has 0 spiro atoms. The average molecular weight is 242 g/mol. The molecule has 17 heavy (non-hydrogen) atoms. The summed E-state index contributed by atoms with van der Waals surface area (Å²) in [6, 6.07) is -0.120. The van der Waals surface area contributed by atoms with E-state index in [9.17, 15) is 9.59 Å². The van der Waals surface area contributed by atoms with Gasteiger partial charge in [0.05, 0.1) is 26.2 Å². The number of amides is 1. The highest BCUT2D eigenvalue weighted by atomic mass is 16.5. The molecule has 1 atom stereocenters. The number of ether oxygens (including phenoxy) is 1. The Hall–Kier alpha value is -1.58. The van der Waals surface area contributed by atoms with Crippen LogP contribution in [0.3, 0.4) is 0 Å². The van der Waals surface area contributed by atoms with Gasteiger partial charge in [0.1, 0.15) is 0 Å². The van der Waals surface area contributed by atoms with Crippen molar-refractivity contribution in [2.24, 2.45) is 0 Å². The summed E-state index contributed by atoms with van der Waals surface area (Å²) in [5.74, 6) is 1.03. The molecule has 0 aliphatic rings. The first-order valence-corrected chi connectivity index (χ1v) is 5.15. The molecular formula is C11H18N2O4. The van der Waals surface area contributed by atoms with Gasteiger partial charge in [0.2, 0.25) is 5.91 Å². The number of aliphatic carboxylic acids is 1. The maximum absolute atomic E-state index is 11.5. The molecule has 0 aromatic carbocycles. The van der Waals surface area contributed by atoms with Crippen molar-refractivity contribution in [2.45, 2.75) is 13.0 Å². The highest BCUT2D eigenvalue weighted by Crippen LogP contribution is 1.89. The number of rotatable bonds is 8. The Balaban J connectivity index is 4.12. The number of methoxy groups -OCH3 is 1. The molecule has 1 unspecified atom stereocenters. The van der Waals surface area contributed by atoms with Crippen LogP contribution in [0.15, 0.2) is 0 Å². The first kappa shape index (κ1) is 15.4. The lowest BCUT2D eigenvalue weighted by Crippen LogP contribution is -2.44. The van der Waals surface area contributed by atoms with Crippen molar-refractivity contribution in [3.63, 3.8) is 0 Å². The zero-order chi connectivity index (χ0) is 13.3. The number of carbonyl (C=O) groups excluding carboxylic acids is 1. The summed E-state index contributed by atoms with van der Waals surface area (Å²) in [5, 5.41) is 11.3. The van der Waals surface area contributed by atoms with Gasteiger partial charge in [-0.25, -0.2) is 0 Å². The van der Waals surface area contributed by atoms with E-state index in [1.165, 1.54) is 12.0 Å². The number of hydrogen-bond donors (Lipinski definition) is 2. The van der Waals surface area contributed by atoms with E-state index < -0.39 is 5.97 Å². The van der Waals surface area contributed by atoms with Crippen molar-refractivity contribution in [2.75, 3.05) is 33.4 Å². The van der Waals surface area contributed by atoms with Crippen LogP contribution in [0.25, 0.3) is 0 Å². The molecule has 0 aromatic heterocycles. The quantitative estimate of drug-likeness (QED) is 0.542. The minimum Gasteiger partial charge on any atom is -0.480 e. The van der Waals surface area contributed by atoms with Crippen molar-refractivity contribution in [3.8, 4) is 12.3 Å². The predicted octanol–water partition coefficient (Wildman–Crippen LogP) is -0.843. The van der Waals surface area contributed by atoms with Crippen molar-refractivity contribution >= 4 is 11.9 Å². The number of carboxylic acid groups (broad SMARTS) is 1. The highest BCUT2D eigenvalue weighted by Gasteiger charge is 2.14. The summed E-state index contributed by atoms with van der Waals surface area (Å²) in [5.41, 5.74) is 0. The van der Waals surface area contributed by atoms with Crippen LogP contribution in [-0.4, -0.2) is 61.3 Å². The molecule has 0 saturated carbocycles. The lowest BCUT2D eigenvalue weighted by Gasteiger charge is -2.19. The van der Waals surface area contributed by atoms with Crippen molar-refractivity contribution in [3.05, 3.63) is 0 Å². The van der Waals surface area contributed by atoms with E-state index in [4.69, 9.17) is 16.3 Å². The smallest absolute Gasteiger partial charge is 0.317 e. The second kappa shape index (κ2) is 8.56. The predicted molar refractivity (Wildman–Crippen MR) is 62.4 cm³/mol. The normalized spacial score (nSPS) is 11.9. The number of terminal acetylenes is 1. The van der Waals surface area contributed by atoms with Gasteiger partial charge in [0.15, 0.2) is 0 Å². The molecule has 6 heteroatoms. The molecule has 0 fully saturated rings. The molecule has 0 rings (SSSR count). The summed E-state index contributed by atoms with van der Waals surface area (Å²) in [7, 11) is 1.54. The Bertz CT molecular complexity index is 298. The van der Waals surface area contributed by atoms with Crippen LogP contribution in [0, 0.1) is 12.3 Å². The van der Waals surface area contributed by atoms with Gasteiger partial charge in [-0.05, 0) is 6.92 Å². The molecule has 96 valence electrons. The van der Waals surface area contributed by atoms with Crippen LogP contribution in [-0.2, 0) is 14.3 Å². The lowest BCUT2D eigenvalue weighted by atomic mass is 10.3. The number of nitrogens with one attached hydrogen (secondary N) is 1. The van der Waals surface area contributed by atoms with E-state index in [1.807, 2.05) is 0 Å². The topological polar surface area (TPSA) is 78.9 Å². The Kier molecular flexibility index (Phi) is 7.76. The molecule has 0 aliphatic heterocycles. The molecule has 0 heterocycles. The molecular weight excluding hydrogens is 224 g/mol. The Morgan fingerprint density at radius 1 is 1.53 bits per heavy atom. The highest BCUT2D eigenvalue weighted by molar-refractivity contribution is 5.79. The van der Waals surface area contributed by atoms with Crippen molar-refractivity contribution < 1.29 is 19.4 Å². The second-order valence-corrected chi connectivity index (χ2v) is 3.67. The third-order valence-electron chi connectivity index (χ3n) is 1.87. The van der Waals surface area contributed by atoms with Gasteiger partial charge in [0.25, 0.3) is 0 Å². The van der Waals surface area contributed by atoms with Gasteiger partial charge in [-0.15, -0.1) is 6.42 Å². The SMILES string of the molecule is C#CCN(CC(=O)O)CC(=O)NC(C)COC. The van der Waals surface area contributed by atoms with Gasteiger partial charge in [0, 0.05) is 13.2 Å². The van der Waals surface area contributed by atoms with Gasteiger partial charge in [-0.3, -0.25) is 14.5 Å². The van der Waals surface area contributed by atoms with E-state index in [1.54, 1.807) is 6.92 Å². The number of carboxylic acids is 1. The summed E-state index contributed by atoms with van der Waals surface area (Å²) < 4.78 is 4.87. The fraction of sp³-hybridized carbons (Fsp3) is 0.636. The second-order valence-electron chi connectivity index (χ2n) is 3.67. The molecule has 0 aromatic rings. The molecule has 2 N–H and O–H groups in total. The fourth-order valence-electron chi connectivity index (χ4n) is 1.30. The largest absolute Gasteiger partial charge is 0.480 e. The first-order valence-electron chi connectivity index (χ1n) is 5.15. The standard InChI is InChI=1S/C11H18N2O4/c1-4-5-13(7-11(15)16)6-10(14)12-9(2)8-17-3/h1,9H,5-8H2,2-3H3,(H,12,14)(H,15,16). The Labute approximate surface area is 101 Å². The zero-order valence-corrected chi connectivity index (χ0v) is 10.1. The molecule has 0 saturated heterocycles. The van der Waals surface area contributed by atoms with E-state index in [2.05, 4.69) is 11.2 Å². The third-order valence-corrected chi connectivity index (χ3v) is 1.87. The summed E-state index contributed by atoms with van der Waals surface area (Å²) in [4.78, 5) is 23.4. The number of nitrogens with zero attached hydrogens (tertiary/aromatic N) is 1. The average Bonchev–Trinajstić information content (AvgIpc) is 2.16. The summed E-state index contributed by atoms with van der Waals surface area (Å²) >= 11 is 0. The monoisotopic (exact) mass is 242 g/mol. The lowest BCUT2D eigenvalue weighted by molar-refractivity contribution is -0.138. The summed E-state index contributed by atoms with van der Waals surface area (Å²) in [6.45, 7) is 2.03. The van der Waals surface area contributed by atoms with Crippen LogP contribution < -0.4 is 5.32 Å². The molecule has 0 aliphatic carbocycles. The summed E-state index contributed by atoms with van der Waals surface area (Å²) in [6.07, 6.45) is 5.09. The number of carbonyl (C=O) groups is 2. The zero-order valence-electron chi connectivity index (χ0n) is 10.1. The van der Waals surface area contributed by atoms with E-state index in [0.29, 0.717) is 6.61 Å². The van der Waals surface area contributed by atoms with Gasteiger partial charge in [-0.1, -0.05) is 5.92 Å². The fourth-order valence-corrected chi connectivity index (χ4v) is 1.30. The maximum Gasteiger partial charge on any atom is 0.317 e. The van der Waals surface area contributed by atoms with Crippen LogP contribution in [0.4, 0.5) is 0 Å². The van der Waals surface area contributed by atoms with Crippen molar-refractivity contribution in [1.82, 2.24) is 10.2 Å². The third kappa shape index (κ3) is 8.25. The van der Waals surface area contributed by atoms with E-state index in [-0.39, 0.29) is 31.6 Å². The van der Waals surface area contributed by atoms with Gasteiger partial charge in [-0.2, -0.15) is 0 Å². The van der Waals surface area contributed by atoms with Crippen LogP contribution >= 0.6 is 0 Å². The first-order chi connectivity index (χ1) is 7.99. The van der Waals surface area contributed by atoms with E-state index in [0.717, 1.165) is 0 Å². The van der Waals surface area contributed by atoms with Crippen molar-refractivity contribution in [1.29, 1.82) is 0 Å². The number of hydrogen-bond acceptors (Lipinski definition) is 4. The van der Waals surface area contributed by atoms with Gasteiger partial charge >= 0.3 is 5.97 Å². The minimum absolute atomic E-state index is 0.0371. The van der Waals surface area contributed by atoms with E-state index >= 15 is 0 Å². The van der Waals surface area contributed by atoms with Crippen LogP contribution in [0.2, 0.25) is 0 Å². The molecule has 1 amide bonds.